The highest BCUT2D eigenvalue weighted by Crippen LogP contribution is 2.47. The zero-order chi connectivity index (χ0) is 11.6. The molecule has 0 heterocycles. The molecule has 15 heavy (non-hydrogen) atoms. The molecule has 0 radical (unpaired) electrons. The van der Waals surface area contributed by atoms with Crippen molar-refractivity contribution in [1.82, 2.24) is 10.6 Å². The molecule has 0 aliphatic heterocycles. The molecule has 0 spiro atoms. The summed E-state index contributed by atoms with van der Waals surface area (Å²) in [6.07, 6.45) is 0.429. The Labute approximate surface area is 92.4 Å². The highest BCUT2D eigenvalue weighted by Gasteiger charge is 2.22. The van der Waals surface area contributed by atoms with E-state index in [2.05, 4.69) is 10.6 Å². The van der Waals surface area contributed by atoms with Crippen molar-refractivity contribution in [3.63, 3.8) is 0 Å². The molecule has 5 nitrogen and oxygen atoms in total. The average Bonchev–Trinajstić information content (AvgIpc) is 2.18. The highest BCUT2D eigenvalue weighted by atomic mass is 31.2. The molecule has 0 aromatic rings. The minimum atomic E-state index is -2.85. The van der Waals surface area contributed by atoms with Crippen LogP contribution in [-0.2, 0) is 13.6 Å². The fourth-order valence-electron chi connectivity index (χ4n) is 1.11. The molecule has 6 heteroatoms. The van der Waals surface area contributed by atoms with Gasteiger partial charge in [0.05, 0.1) is 19.4 Å². The van der Waals surface area contributed by atoms with Gasteiger partial charge in [0, 0.05) is 19.6 Å². The third-order valence-electron chi connectivity index (χ3n) is 1.77. The first kappa shape index (κ1) is 15.1. The van der Waals surface area contributed by atoms with Crippen LogP contribution in [0.1, 0.15) is 13.8 Å². The number of likely N-dealkylation sites (N-methyl/N-ethyl adjacent to an activating group) is 1. The zero-order valence-electron chi connectivity index (χ0n) is 9.91. The van der Waals surface area contributed by atoms with Gasteiger partial charge in [-0.1, -0.05) is 0 Å². The molecule has 0 saturated carbocycles. The van der Waals surface area contributed by atoms with E-state index < -0.39 is 7.60 Å². The number of hydrogen-bond donors (Lipinski definition) is 2. The standard InChI is InChI=1S/C9H23N2O3P/c1-4-13-15(12,14-5-2)9-8-11-7-6-10-3/h10-11H,4-9H2,1-3H3. The zero-order valence-corrected chi connectivity index (χ0v) is 10.8. The fraction of sp³-hybridized carbons (Fsp3) is 1.00. The Morgan fingerprint density at radius 2 is 1.67 bits per heavy atom. The Morgan fingerprint density at radius 1 is 1.07 bits per heavy atom. The molecular formula is C9H23N2O3P. The molecule has 0 rings (SSSR count). The molecule has 0 aromatic carbocycles. The van der Waals surface area contributed by atoms with E-state index in [0.29, 0.717) is 25.9 Å². The Kier molecular flexibility index (Phi) is 9.35. The molecule has 0 atom stereocenters. The summed E-state index contributed by atoms with van der Waals surface area (Å²) in [6, 6.07) is 0. The van der Waals surface area contributed by atoms with Gasteiger partial charge < -0.3 is 19.7 Å². The third kappa shape index (κ3) is 7.94. The third-order valence-corrected chi connectivity index (χ3v) is 3.84. The van der Waals surface area contributed by atoms with E-state index in [1.807, 2.05) is 20.9 Å². The number of rotatable bonds is 10. The monoisotopic (exact) mass is 238 g/mol. The molecule has 0 saturated heterocycles. The van der Waals surface area contributed by atoms with Gasteiger partial charge in [-0.3, -0.25) is 4.57 Å². The van der Waals surface area contributed by atoms with Crippen LogP contribution in [0.2, 0.25) is 0 Å². The molecular weight excluding hydrogens is 215 g/mol. The van der Waals surface area contributed by atoms with Crippen LogP contribution in [0.5, 0.6) is 0 Å². The topological polar surface area (TPSA) is 59.6 Å². The average molecular weight is 238 g/mol. The Balaban J connectivity index is 3.71. The second-order valence-corrected chi connectivity index (χ2v) is 5.21. The Bertz CT molecular complexity index is 180. The molecule has 0 unspecified atom stereocenters. The fourth-order valence-corrected chi connectivity index (χ4v) is 2.67. The van der Waals surface area contributed by atoms with Crippen molar-refractivity contribution in [1.29, 1.82) is 0 Å². The summed E-state index contributed by atoms with van der Waals surface area (Å²) >= 11 is 0. The van der Waals surface area contributed by atoms with Crippen LogP contribution in [-0.4, -0.2) is 46.1 Å². The largest absolute Gasteiger partial charge is 0.331 e. The van der Waals surface area contributed by atoms with Gasteiger partial charge in [0.15, 0.2) is 0 Å². The predicted octanol–water partition coefficient (Wildman–Crippen LogP) is 1.06. The molecule has 92 valence electrons. The minimum absolute atomic E-state index is 0.424. The van der Waals surface area contributed by atoms with Crippen molar-refractivity contribution in [2.24, 2.45) is 0 Å². The molecule has 0 aromatic heterocycles. The van der Waals surface area contributed by atoms with Crippen molar-refractivity contribution < 1.29 is 13.6 Å². The molecule has 0 aliphatic carbocycles. The van der Waals surface area contributed by atoms with Crippen molar-refractivity contribution in [2.45, 2.75) is 13.8 Å². The summed E-state index contributed by atoms with van der Waals surface area (Å²) in [5, 5.41) is 6.19. The molecule has 2 N–H and O–H groups in total. The van der Waals surface area contributed by atoms with Gasteiger partial charge in [-0.25, -0.2) is 0 Å². The van der Waals surface area contributed by atoms with Crippen molar-refractivity contribution >= 4 is 7.60 Å². The first-order valence-corrected chi connectivity index (χ1v) is 7.14. The summed E-state index contributed by atoms with van der Waals surface area (Å²) in [4.78, 5) is 0. The van der Waals surface area contributed by atoms with Crippen LogP contribution in [0.4, 0.5) is 0 Å². The second-order valence-electron chi connectivity index (χ2n) is 3.02. The summed E-state index contributed by atoms with van der Waals surface area (Å²) < 4.78 is 22.3. The van der Waals surface area contributed by atoms with Crippen LogP contribution < -0.4 is 10.6 Å². The Hall–Kier alpha value is 0.0700. The van der Waals surface area contributed by atoms with Crippen LogP contribution in [0, 0.1) is 0 Å². The normalized spacial score (nSPS) is 11.9. The lowest BCUT2D eigenvalue weighted by Crippen LogP contribution is -2.27. The van der Waals surface area contributed by atoms with Gasteiger partial charge >= 0.3 is 7.60 Å². The maximum absolute atomic E-state index is 11.9. The first-order valence-electron chi connectivity index (χ1n) is 5.42. The molecule has 0 aliphatic rings. The first-order chi connectivity index (χ1) is 7.18. The SMILES string of the molecule is CCOP(=O)(CCNCCNC)OCC. The van der Waals surface area contributed by atoms with Gasteiger partial charge in [-0.15, -0.1) is 0 Å². The highest BCUT2D eigenvalue weighted by molar-refractivity contribution is 7.53. The summed E-state index contributed by atoms with van der Waals surface area (Å²) in [7, 11) is -0.955. The smallest absolute Gasteiger partial charge is 0.318 e. The minimum Gasteiger partial charge on any atom is -0.318 e. The van der Waals surface area contributed by atoms with E-state index in [1.54, 1.807) is 0 Å². The summed E-state index contributed by atoms with van der Waals surface area (Å²) in [6.45, 7) is 6.89. The number of hydrogen-bond acceptors (Lipinski definition) is 5. The van der Waals surface area contributed by atoms with E-state index in [1.165, 1.54) is 0 Å². The van der Waals surface area contributed by atoms with Gasteiger partial charge in [-0.2, -0.15) is 0 Å². The van der Waals surface area contributed by atoms with Crippen LogP contribution in [0.15, 0.2) is 0 Å². The van der Waals surface area contributed by atoms with E-state index in [0.717, 1.165) is 13.1 Å². The lowest BCUT2D eigenvalue weighted by Gasteiger charge is -2.16. The number of nitrogens with one attached hydrogen (secondary N) is 2. The van der Waals surface area contributed by atoms with Gasteiger partial charge in [0.2, 0.25) is 0 Å². The molecule has 0 fully saturated rings. The lowest BCUT2D eigenvalue weighted by atomic mass is 10.6. The van der Waals surface area contributed by atoms with E-state index in [-0.39, 0.29) is 0 Å². The van der Waals surface area contributed by atoms with Crippen molar-refractivity contribution in [3.05, 3.63) is 0 Å². The Morgan fingerprint density at radius 3 is 2.13 bits per heavy atom. The predicted molar refractivity (Wildman–Crippen MR) is 62.5 cm³/mol. The molecule has 0 amide bonds. The maximum atomic E-state index is 11.9. The van der Waals surface area contributed by atoms with E-state index >= 15 is 0 Å². The summed E-state index contributed by atoms with van der Waals surface area (Å²) in [5.74, 6) is 0. The molecule has 0 bridgehead atoms. The van der Waals surface area contributed by atoms with Gasteiger partial charge in [0.25, 0.3) is 0 Å². The van der Waals surface area contributed by atoms with E-state index in [4.69, 9.17) is 9.05 Å². The van der Waals surface area contributed by atoms with Gasteiger partial charge in [-0.05, 0) is 20.9 Å². The van der Waals surface area contributed by atoms with Crippen molar-refractivity contribution in [2.75, 3.05) is 46.1 Å². The lowest BCUT2D eigenvalue weighted by molar-refractivity contribution is 0.220. The second kappa shape index (κ2) is 9.31. The van der Waals surface area contributed by atoms with Gasteiger partial charge in [0.1, 0.15) is 0 Å². The van der Waals surface area contributed by atoms with Crippen LogP contribution in [0.3, 0.4) is 0 Å². The van der Waals surface area contributed by atoms with E-state index in [9.17, 15) is 4.57 Å². The van der Waals surface area contributed by atoms with Crippen LogP contribution >= 0.6 is 7.60 Å². The maximum Gasteiger partial charge on any atom is 0.331 e. The van der Waals surface area contributed by atoms with Crippen molar-refractivity contribution in [3.8, 4) is 0 Å². The summed E-state index contributed by atoms with van der Waals surface area (Å²) in [5.41, 5.74) is 0. The van der Waals surface area contributed by atoms with Crippen LogP contribution in [0.25, 0.3) is 0 Å². The quantitative estimate of drug-likeness (QED) is 0.440.